The lowest BCUT2D eigenvalue weighted by atomic mass is 10.0. The van der Waals surface area contributed by atoms with Gasteiger partial charge in [-0.15, -0.1) is 0 Å². The van der Waals surface area contributed by atoms with Crippen LogP contribution in [0.4, 0.5) is 0 Å². The second kappa shape index (κ2) is 7.00. The molecule has 0 fully saturated rings. The van der Waals surface area contributed by atoms with E-state index in [-0.39, 0.29) is 0 Å². The molecule has 1 aromatic carbocycles. The first-order valence-electron chi connectivity index (χ1n) is 7.60. The van der Waals surface area contributed by atoms with Crippen LogP contribution in [0, 0.1) is 6.92 Å². The van der Waals surface area contributed by atoms with Gasteiger partial charge in [0.2, 0.25) is 5.91 Å². The number of rotatable bonds is 5. The SMILES string of the molecule is COc1cncc(Oc2ccnc(-c3ccc(C(N)=O)c(C)c3)c2)c1. The van der Waals surface area contributed by atoms with Crippen LogP contribution < -0.4 is 15.2 Å². The fourth-order valence-electron chi connectivity index (χ4n) is 2.43. The van der Waals surface area contributed by atoms with Gasteiger partial charge < -0.3 is 15.2 Å². The first-order chi connectivity index (χ1) is 12.1. The van der Waals surface area contributed by atoms with Gasteiger partial charge in [-0.3, -0.25) is 14.8 Å². The average Bonchev–Trinajstić information content (AvgIpc) is 2.61. The molecule has 1 amide bonds. The number of amides is 1. The normalized spacial score (nSPS) is 10.3. The molecule has 3 aromatic rings. The van der Waals surface area contributed by atoms with Crippen LogP contribution >= 0.6 is 0 Å². The number of carbonyl (C=O) groups excluding carboxylic acids is 1. The molecule has 0 aliphatic heterocycles. The number of hydrogen-bond donors (Lipinski definition) is 1. The lowest BCUT2D eigenvalue weighted by Crippen LogP contribution is -2.12. The largest absolute Gasteiger partial charge is 0.495 e. The zero-order valence-corrected chi connectivity index (χ0v) is 13.9. The van der Waals surface area contributed by atoms with Gasteiger partial charge in [0.25, 0.3) is 0 Å². The van der Waals surface area contributed by atoms with Crippen LogP contribution in [-0.2, 0) is 0 Å². The Hall–Kier alpha value is -3.41. The van der Waals surface area contributed by atoms with Crippen molar-refractivity contribution < 1.29 is 14.3 Å². The van der Waals surface area contributed by atoms with Gasteiger partial charge in [0.05, 0.1) is 25.2 Å². The Morgan fingerprint density at radius 1 is 1.04 bits per heavy atom. The maximum atomic E-state index is 11.3. The van der Waals surface area contributed by atoms with Gasteiger partial charge in [-0.2, -0.15) is 0 Å². The highest BCUT2D eigenvalue weighted by Gasteiger charge is 2.08. The van der Waals surface area contributed by atoms with Crippen molar-refractivity contribution in [2.45, 2.75) is 6.92 Å². The molecule has 0 atom stereocenters. The van der Waals surface area contributed by atoms with E-state index in [0.29, 0.717) is 22.8 Å². The lowest BCUT2D eigenvalue weighted by molar-refractivity contribution is 0.0999. The molecule has 2 heterocycles. The predicted molar refractivity (Wildman–Crippen MR) is 93.8 cm³/mol. The van der Waals surface area contributed by atoms with Crippen molar-refractivity contribution in [2.24, 2.45) is 5.73 Å². The first kappa shape index (κ1) is 16.4. The topological polar surface area (TPSA) is 87.3 Å². The third-order valence-electron chi connectivity index (χ3n) is 3.68. The molecule has 0 aliphatic carbocycles. The number of ether oxygens (including phenoxy) is 2. The molecule has 0 bridgehead atoms. The fourth-order valence-corrected chi connectivity index (χ4v) is 2.43. The minimum absolute atomic E-state index is 0.445. The number of methoxy groups -OCH3 is 1. The second-order valence-electron chi connectivity index (χ2n) is 5.43. The molecular formula is C19H17N3O3. The van der Waals surface area contributed by atoms with Crippen molar-refractivity contribution in [2.75, 3.05) is 7.11 Å². The van der Waals surface area contributed by atoms with Crippen LogP contribution in [0.25, 0.3) is 11.3 Å². The van der Waals surface area contributed by atoms with Gasteiger partial charge in [0.15, 0.2) is 0 Å². The average molecular weight is 335 g/mol. The molecule has 6 heteroatoms. The van der Waals surface area contributed by atoms with Crippen LogP contribution in [0.1, 0.15) is 15.9 Å². The molecule has 0 saturated heterocycles. The number of nitrogens with zero attached hydrogens (tertiary/aromatic N) is 2. The number of hydrogen-bond acceptors (Lipinski definition) is 5. The number of carbonyl (C=O) groups is 1. The van der Waals surface area contributed by atoms with E-state index in [0.717, 1.165) is 16.8 Å². The molecule has 0 spiro atoms. The fraction of sp³-hybridized carbons (Fsp3) is 0.105. The number of nitrogens with two attached hydrogens (primary N) is 1. The number of aromatic nitrogens is 2. The van der Waals surface area contributed by atoms with Crippen molar-refractivity contribution in [1.29, 1.82) is 0 Å². The van der Waals surface area contributed by atoms with Crippen LogP contribution in [0.15, 0.2) is 55.0 Å². The third kappa shape index (κ3) is 3.74. The Morgan fingerprint density at radius 3 is 2.56 bits per heavy atom. The summed E-state index contributed by atoms with van der Waals surface area (Å²) in [6.07, 6.45) is 4.87. The number of pyridine rings is 2. The molecule has 0 radical (unpaired) electrons. The van der Waals surface area contributed by atoms with Crippen LogP contribution in [0.3, 0.4) is 0 Å². The minimum Gasteiger partial charge on any atom is -0.495 e. The molecule has 0 saturated carbocycles. The minimum atomic E-state index is -0.445. The molecule has 0 aliphatic rings. The molecule has 2 aromatic heterocycles. The van der Waals surface area contributed by atoms with Gasteiger partial charge in [-0.25, -0.2) is 0 Å². The van der Waals surface area contributed by atoms with Crippen molar-refractivity contribution in [3.8, 4) is 28.5 Å². The van der Waals surface area contributed by atoms with E-state index in [1.165, 1.54) is 0 Å². The van der Waals surface area contributed by atoms with Crippen molar-refractivity contribution in [1.82, 2.24) is 9.97 Å². The van der Waals surface area contributed by atoms with Gasteiger partial charge in [0.1, 0.15) is 17.2 Å². The molecule has 25 heavy (non-hydrogen) atoms. The van der Waals surface area contributed by atoms with E-state index in [1.807, 2.05) is 25.1 Å². The predicted octanol–water partition coefficient (Wildman–Crippen LogP) is 3.35. The van der Waals surface area contributed by atoms with Crippen LogP contribution in [0.5, 0.6) is 17.2 Å². The molecule has 6 nitrogen and oxygen atoms in total. The van der Waals surface area contributed by atoms with Crippen molar-refractivity contribution in [3.63, 3.8) is 0 Å². The summed E-state index contributed by atoms with van der Waals surface area (Å²) in [6.45, 7) is 1.84. The highest BCUT2D eigenvalue weighted by molar-refractivity contribution is 5.94. The van der Waals surface area contributed by atoms with Crippen molar-refractivity contribution in [3.05, 3.63) is 66.1 Å². The van der Waals surface area contributed by atoms with Crippen molar-refractivity contribution >= 4 is 5.91 Å². The summed E-state index contributed by atoms with van der Waals surface area (Å²) in [7, 11) is 1.57. The molecule has 0 unspecified atom stereocenters. The summed E-state index contributed by atoms with van der Waals surface area (Å²) < 4.78 is 11.0. The Labute approximate surface area is 145 Å². The van der Waals surface area contributed by atoms with Gasteiger partial charge in [0, 0.05) is 29.5 Å². The summed E-state index contributed by atoms with van der Waals surface area (Å²) in [5.41, 5.74) is 8.25. The van der Waals surface area contributed by atoms with Crippen LogP contribution in [-0.4, -0.2) is 23.0 Å². The third-order valence-corrected chi connectivity index (χ3v) is 3.68. The number of aryl methyl sites for hydroxylation is 1. The van der Waals surface area contributed by atoms with Crippen LogP contribution in [0.2, 0.25) is 0 Å². The maximum absolute atomic E-state index is 11.3. The van der Waals surface area contributed by atoms with E-state index < -0.39 is 5.91 Å². The summed E-state index contributed by atoms with van der Waals surface area (Å²) in [5.74, 6) is 1.36. The Balaban J connectivity index is 1.88. The lowest BCUT2D eigenvalue weighted by Gasteiger charge is -2.09. The zero-order valence-electron chi connectivity index (χ0n) is 13.9. The summed E-state index contributed by atoms with van der Waals surface area (Å²) in [5, 5.41) is 0. The second-order valence-corrected chi connectivity index (χ2v) is 5.43. The van der Waals surface area contributed by atoms with Gasteiger partial charge >= 0.3 is 0 Å². The monoisotopic (exact) mass is 335 g/mol. The number of primary amides is 1. The van der Waals surface area contributed by atoms with E-state index in [2.05, 4.69) is 9.97 Å². The van der Waals surface area contributed by atoms with Gasteiger partial charge in [-0.1, -0.05) is 6.07 Å². The molecule has 126 valence electrons. The first-order valence-corrected chi connectivity index (χ1v) is 7.60. The quantitative estimate of drug-likeness (QED) is 0.772. The highest BCUT2D eigenvalue weighted by Crippen LogP contribution is 2.28. The molecule has 2 N–H and O–H groups in total. The summed E-state index contributed by atoms with van der Waals surface area (Å²) >= 11 is 0. The summed E-state index contributed by atoms with van der Waals surface area (Å²) in [4.78, 5) is 19.8. The van der Waals surface area contributed by atoms with E-state index in [4.69, 9.17) is 15.2 Å². The Bertz CT molecular complexity index is 925. The summed E-state index contributed by atoms with van der Waals surface area (Å²) in [6, 6.07) is 10.7. The Kier molecular flexibility index (Phi) is 4.61. The Morgan fingerprint density at radius 2 is 1.84 bits per heavy atom. The highest BCUT2D eigenvalue weighted by atomic mass is 16.5. The van der Waals surface area contributed by atoms with E-state index >= 15 is 0 Å². The van der Waals surface area contributed by atoms with E-state index in [1.54, 1.807) is 43.9 Å². The van der Waals surface area contributed by atoms with Gasteiger partial charge in [-0.05, 0) is 30.7 Å². The van der Waals surface area contributed by atoms with E-state index in [9.17, 15) is 4.79 Å². The smallest absolute Gasteiger partial charge is 0.248 e. The maximum Gasteiger partial charge on any atom is 0.248 e. The molecule has 3 rings (SSSR count). The zero-order chi connectivity index (χ0) is 17.8. The standard InChI is InChI=1S/C19H17N3O3/c1-12-7-13(3-4-17(12)19(20)23)18-9-14(5-6-22-18)25-16-8-15(24-2)10-21-11-16/h3-11H,1-2H3,(H2,20,23). The number of benzene rings is 1. The molecular weight excluding hydrogens is 318 g/mol.